The molecule has 2 aromatic carbocycles. The molecule has 0 bridgehead atoms. The molecule has 0 aliphatic carbocycles. The first kappa shape index (κ1) is 16.4. The second-order valence-electron chi connectivity index (χ2n) is 5.23. The van der Waals surface area contributed by atoms with Crippen LogP contribution >= 0.6 is 0 Å². The summed E-state index contributed by atoms with van der Waals surface area (Å²) in [6.45, 7) is 2.51. The summed E-state index contributed by atoms with van der Waals surface area (Å²) in [4.78, 5) is 19.4. The molecule has 1 heterocycles. The first-order valence-electron chi connectivity index (χ1n) is 7.82. The number of aromatic nitrogens is 2. The predicted octanol–water partition coefficient (Wildman–Crippen LogP) is 3.98. The number of rotatable bonds is 6. The second-order valence-corrected chi connectivity index (χ2v) is 5.23. The topological polar surface area (TPSA) is 84.3 Å². The highest BCUT2D eigenvalue weighted by atomic mass is 16.5. The fraction of sp³-hybridized carbons (Fsp3) is 0.105. The van der Waals surface area contributed by atoms with Crippen molar-refractivity contribution in [3.8, 4) is 17.0 Å². The molecular weight excluding hydrogens is 318 g/mol. The molecule has 0 saturated carbocycles. The molecule has 3 rings (SSSR count). The number of anilines is 2. The van der Waals surface area contributed by atoms with Crippen LogP contribution < -0.4 is 10.1 Å². The van der Waals surface area contributed by atoms with Crippen molar-refractivity contribution in [2.45, 2.75) is 6.92 Å². The summed E-state index contributed by atoms with van der Waals surface area (Å²) in [5.74, 6) is 0.420. The standard InChI is InChI=1S/C19H17N3O3/c1-2-25-17-6-4-3-5-15(17)16-11-18(21-12-20-16)22-14-9-7-13(8-10-14)19(23)24/h3-12H,2H2,1H3,(H,23,24)(H,20,21,22). The molecule has 2 N–H and O–H groups in total. The lowest BCUT2D eigenvalue weighted by atomic mass is 10.1. The zero-order chi connectivity index (χ0) is 17.6. The summed E-state index contributed by atoms with van der Waals surface area (Å²) in [6.07, 6.45) is 1.48. The lowest BCUT2D eigenvalue weighted by molar-refractivity contribution is 0.0697. The Labute approximate surface area is 145 Å². The minimum absolute atomic E-state index is 0.236. The highest BCUT2D eigenvalue weighted by Crippen LogP contribution is 2.29. The van der Waals surface area contributed by atoms with Gasteiger partial charge in [0.15, 0.2) is 0 Å². The lowest BCUT2D eigenvalue weighted by Crippen LogP contribution is -1.99. The normalized spacial score (nSPS) is 10.3. The van der Waals surface area contributed by atoms with Gasteiger partial charge in [0.2, 0.25) is 0 Å². The van der Waals surface area contributed by atoms with Crippen LogP contribution in [-0.4, -0.2) is 27.7 Å². The Bertz CT molecular complexity index is 879. The average Bonchev–Trinajstić information content (AvgIpc) is 2.63. The van der Waals surface area contributed by atoms with Gasteiger partial charge < -0.3 is 15.2 Å². The Morgan fingerprint density at radius 3 is 2.60 bits per heavy atom. The number of nitrogens with zero attached hydrogens (tertiary/aromatic N) is 2. The number of hydrogen-bond donors (Lipinski definition) is 2. The van der Waals surface area contributed by atoms with Crippen LogP contribution in [0.5, 0.6) is 5.75 Å². The Morgan fingerprint density at radius 1 is 1.12 bits per heavy atom. The monoisotopic (exact) mass is 335 g/mol. The van der Waals surface area contributed by atoms with Crippen LogP contribution in [-0.2, 0) is 0 Å². The van der Waals surface area contributed by atoms with Crippen molar-refractivity contribution < 1.29 is 14.6 Å². The fourth-order valence-corrected chi connectivity index (χ4v) is 2.38. The quantitative estimate of drug-likeness (QED) is 0.709. The summed E-state index contributed by atoms with van der Waals surface area (Å²) < 4.78 is 5.65. The third-order valence-corrected chi connectivity index (χ3v) is 3.53. The van der Waals surface area contributed by atoms with Crippen molar-refractivity contribution in [3.05, 3.63) is 66.5 Å². The molecule has 0 radical (unpaired) electrons. The molecule has 1 aromatic heterocycles. The van der Waals surface area contributed by atoms with Gasteiger partial charge in [-0.05, 0) is 43.3 Å². The molecule has 0 saturated heterocycles. The minimum Gasteiger partial charge on any atom is -0.493 e. The van der Waals surface area contributed by atoms with E-state index in [-0.39, 0.29) is 5.56 Å². The van der Waals surface area contributed by atoms with E-state index in [1.807, 2.05) is 37.3 Å². The Kier molecular flexibility index (Phi) is 4.89. The van der Waals surface area contributed by atoms with Crippen LogP contribution in [0.25, 0.3) is 11.3 Å². The zero-order valence-electron chi connectivity index (χ0n) is 13.6. The number of carboxylic acid groups (broad SMARTS) is 1. The minimum atomic E-state index is -0.955. The molecule has 0 atom stereocenters. The zero-order valence-corrected chi connectivity index (χ0v) is 13.6. The SMILES string of the molecule is CCOc1ccccc1-c1cc(Nc2ccc(C(=O)O)cc2)ncn1. The second kappa shape index (κ2) is 7.44. The molecule has 0 aliphatic rings. The van der Waals surface area contributed by atoms with E-state index in [2.05, 4.69) is 15.3 Å². The van der Waals surface area contributed by atoms with Crippen molar-refractivity contribution in [3.63, 3.8) is 0 Å². The summed E-state index contributed by atoms with van der Waals surface area (Å²) in [5, 5.41) is 12.1. The van der Waals surface area contributed by atoms with Crippen molar-refractivity contribution in [1.29, 1.82) is 0 Å². The Morgan fingerprint density at radius 2 is 1.88 bits per heavy atom. The largest absolute Gasteiger partial charge is 0.493 e. The van der Waals surface area contributed by atoms with E-state index >= 15 is 0 Å². The van der Waals surface area contributed by atoms with Crippen molar-refractivity contribution in [1.82, 2.24) is 9.97 Å². The summed E-state index contributed by atoms with van der Waals surface area (Å²) in [5.41, 5.74) is 2.60. The number of para-hydroxylation sites is 1. The molecular formula is C19H17N3O3. The van der Waals surface area contributed by atoms with Crippen molar-refractivity contribution in [2.24, 2.45) is 0 Å². The third kappa shape index (κ3) is 3.92. The van der Waals surface area contributed by atoms with Gasteiger partial charge >= 0.3 is 5.97 Å². The van der Waals surface area contributed by atoms with Gasteiger partial charge in [0.25, 0.3) is 0 Å². The highest BCUT2D eigenvalue weighted by molar-refractivity contribution is 5.88. The smallest absolute Gasteiger partial charge is 0.335 e. The van der Waals surface area contributed by atoms with Gasteiger partial charge in [0.05, 0.1) is 17.9 Å². The molecule has 0 amide bonds. The maximum absolute atomic E-state index is 10.9. The van der Waals surface area contributed by atoms with E-state index in [0.717, 1.165) is 22.7 Å². The molecule has 0 unspecified atom stereocenters. The maximum Gasteiger partial charge on any atom is 0.335 e. The van der Waals surface area contributed by atoms with Crippen LogP contribution in [0.4, 0.5) is 11.5 Å². The number of aromatic carboxylic acids is 1. The van der Waals surface area contributed by atoms with E-state index in [4.69, 9.17) is 9.84 Å². The van der Waals surface area contributed by atoms with Gasteiger partial charge in [-0.3, -0.25) is 0 Å². The average molecular weight is 335 g/mol. The van der Waals surface area contributed by atoms with E-state index in [1.54, 1.807) is 12.1 Å². The molecule has 25 heavy (non-hydrogen) atoms. The van der Waals surface area contributed by atoms with Crippen LogP contribution in [0.3, 0.4) is 0 Å². The van der Waals surface area contributed by atoms with Gasteiger partial charge in [-0.1, -0.05) is 12.1 Å². The van der Waals surface area contributed by atoms with Gasteiger partial charge in [0, 0.05) is 17.3 Å². The third-order valence-electron chi connectivity index (χ3n) is 3.53. The Hall–Kier alpha value is -3.41. The van der Waals surface area contributed by atoms with E-state index in [0.29, 0.717) is 12.4 Å². The van der Waals surface area contributed by atoms with Crippen LogP contribution in [0, 0.1) is 0 Å². The Balaban J connectivity index is 1.86. The number of hydrogen-bond acceptors (Lipinski definition) is 5. The number of carbonyl (C=O) groups is 1. The fourth-order valence-electron chi connectivity index (χ4n) is 2.38. The number of benzene rings is 2. The first-order chi connectivity index (χ1) is 12.2. The molecule has 0 spiro atoms. The predicted molar refractivity (Wildman–Crippen MR) is 95.3 cm³/mol. The first-order valence-corrected chi connectivity index (χ1v) is 7.82. The van der Waals surface area contributed by atoms with Crippen LogP contribution in [0.2, 0.25) is 0 Å². The van der Waals surface area contributed by atoms with E-state index in [1.165, 1.54) is 18.5 Å². The van der Waals surface area contributed by atoms with Gasteiger partial charge in [0.1, 0.15) is 17.9 Å². The lowest BCUT2D eigenvalue weighted by Gasteiger charge is -2.11. The van der Waals surface area contributed by atoms with Gasteiger partial charge in [-0.15, -0.1) is 0 Å². The van der Waals surface area contributed by atoms with Gasteiger partial charge in [-0.25, -0.2) is 14.8 Å². The van der Waals surface area contributed by atoms with Crippen LogP contribution in [0.1, 0.15) is 17.3 Å². The summed E-state index contributed by atoms with van der Waals surface area (Å²) >= 11 is 0. The summed E-state index contributed by atoms with van der Waals surface area (Å²) in [6, 6.07) is 16.0. The molecule has 126 valence electrons. The van der Waals surface area contributed by atoms with E-state index in [9.17, 15) is 4.79 Å². The van der Waals surface area contributed by atoms with Crippen molar-refractivity contribution in [2.75, 3.05) is 11.9 Å². The number of carboxylic acids is 1. The maximum atomic E-state index is 10.9. The molecule has 3 aromatic rings. The van der Waals surface area contributed by atoms with E-state index < -0.39 is 5.97 Å². The molecule has 6 nitrogen and oxygen atoms in total. The molecule has 6 heteroatoms. The van der Waals surface area contributed by atoms with Crippen LogP contribution in [0.15, 0.2) is 60.9 Å². The number of nitrogens with one attached hydrogen (secondary N) is 1. The summed E-state index contributed by atoms with van der Waals surface area (Å²) in [7, 11) is 0. The molecule has 0 aliphatic heterocycles. The number of ether oxygens (including phenoxy) is 1. The highest BCUT2D eigenvalue weighted by Gasteiger charge is 2.08. The molecule has 0 fully saturated rings. The van der Waals surface area contributed by atoms with Gasteiger partial charge in [-0.2, -0.15) is 0 Å². The van der Waals surface area contributed by atoms with Crippen molar-refractivity contribution >= 4 is 17.5 Å².